The van der Waals surface area contributed by atoms with Crippen LogP contribution in [0.4, 0.5) is 4.79 Å². The van der Waals surface area contributed by atoms with Crippen molar-refractivity contribution in [2.45, 2.75) is 65.5 Å². The second-order valence-electron chi connectivity index (χ2n) is 9.12. The molecule has 1 aromatic heterocycles. The van der Waals surface area contributed by atoms with Crippen LogP contribution in [0, 0.1) is 12.3 Å². The van der Waals surface area contributed by atoms with Crippen LogP contribution in [0.3, 0.4) is 0 Å². The number of carbonyl (C=O) groups excluding carboxylic acids is 1. The van der Waals surface area contributed by atoms with Crippen molar-refractivity contribution in [3.63, 3.8) is 0 Å². The van der Waals surface area contributed by atoms with Crippen molar-refractivity contribution in [3.05, 3.63) is 17.5 Å². The Kier molecular flexibility index (Phi) is 5.33. The van der Waals surface area contributed by atoms with Crippen LogP contribution in [0.1, 0.15) is 57.7 Å². The van der Waals surface area contributed by atoms with Gasteiger partial charge in [0.25, 0.3) is 0 Å². The van der Waals surface area contributed by atoms with Crippen molar-refractivity contribution < 1.29 is 9.53 Å². The predicted molar refractivity (Wildman–Crippen MR) is 102 cm³/mol. The molecule has 0 bridgehead atoms. The van der Waals surface area contributed by atoms with Crippen LogP contribution in [-0.2, 0) is 18.3 Å². The Balaban J connectivity index is 1.48. The third kappa shape index (κ3) is 4.40. The quantitative estimate of drug-likeness (QED) is 0.810. The lowest BCUT2D eigenvalue weighted by molar-refractivity contribution is -0.00312. The van der Waals surface area contributed by atoms with Crippen molar-refractivity contribution >= 4 is 6.09 Å². The average Bonchev–Trinajstić information content (AvgIpc) is 2.88. The van der Waals surface area contributed by atoms with E-state index in [1.165, 1.54) is 24.1 Å². The molecular weight excluding hydrogens is 328 g/mol. The summed E-state index contributed by atoms with van der Waals surface area (Å²) >= 11 is 0. The molecule has 2 aliphatic heterocycles. The zero-order chi connectivity index (χ0) is 18.9. The molecule has 6 nitrogen and oxygen atoms in total. The number of hydrogen-bond donors (Lipinski definition) is 0. The molecule has 26 heavy (non-hydrogen) atoms. The van der Waals surface area contributed by atoms with Gasteiger partial charge >= 0.3 is 6.09 Å². The Morgan fingerprint density at radius 3 is 2.23 bits per heavy atom. The van der Waals surface area contributed by atoms with Crippen molar-refractivity contribution in [1.29, 1.82) is 0 Å². The van der Waals surface area contributed by atoms with Gasteiger partial charge in [0.15, 0.2) is 0 Å². The number of likely N-dealkylation sites (tertiary alicyclic amines) is 2. The molecule has 1 aromatic rings. The standard InChI is InChI=1S/C20H34N4O2/c1-16-17(14-21-22(16)5)15-23-10-6-20(7-11-23)8-12-24(13-9-20)18(25)26-19(2,3)4/h14H,6-13,15H2,1-5H3. The number of ether oxygens (including phenoxy) is 1. The summed E-state index contributed by atoms with van der Waals surface area (Å²) in [6, 6.07) is 0. The fraction of sp³-hybridized carbons (Fsp3) is 0.800. The molecule has 6 heteroatoms. The van der Waals surface area contributed by atoms with Crippen LogP contribution in [0.15, 0.2) is 6.20 Å². The first-order chi connectivity index (χ1) is 12.2. The summed E-state index contributed by atoms with van der Waals surface area (Å²) < 4.78 is 7.47. The first kappa shape index (κ1) is 19.2. The van der Waals surface area contributed by atoms with E-state index in [0.717, 1.165) is 45.6 Å². The molecule has 2 aliphatic rings. The number of aromatic nitrogens is 2. The van der Waals surface area contributed by atoms with Gasteiger partial charge < -0.3 is 9.64 Å². The zero-order valence-corrected chi connectivity index (χ0v) is 17.0. The molecule has 1 amide bonds. The Labute approximate surface area is 157 Å². The Morgan fingerprint density at radius 1 is 1.15 bits per heavy atom. The average molecular weight is 363 g/mol. The van der Waals surface area contributed by atoms with Gasteiger partial charge in [0.05, 0.1) is 6.20 Å². The number of rotatable bonds is 2. The highest BCUT2D eigenvalue weighted by molar-refractivity contribution is 5.68. The van der Waals surface area contributed by atoms with E-state index in [9.17, 15) is 4.79 Å². The van der Waals surface area contributed by atoms with Crippen LogP contribution in [-0.4, -0.2) is 57.5 Å². The number of amides is 1. The molecule has 0 aliphatic carbocycles. The first-order valence-corrected chi connectivity index (χ1v) is 9.85. The summed E-state index contributed by atoms with van der Waals surface area (Å²) in [6.45, 7) is 12.9. The molecule has 3 heterocycles. The second kappa shape index (κ2) is 7.22. The summed E-state index contributed by atoms with van der Waals surface area (Å²) in [5.74, 6) is 0. The molecule has 1 spiro atoms. The SMILES string of the molecule is Cc1c(CN2CCC3(CC2)CCN(C(=O)OC(C)(C)C)CC3)cnn1C. The monoisotopic (exact) mass is 362 g/mol. The van der Waals surface area contributed by atoms with E-state index >= 15 is 0 Å². The fourth-order valence-corrected chi connectivity index (χ4v) is 4.12. The van der Waals surface area contributed by atoms with Crippen LogP contribution in [0.2, 0.25) is 0 Å². The Hall–Kier alpha value is -1.56. The van der Waals surface area contributed by atoms with Gasteiger partial charge in [-0.2, -0.15) is 5.10 Å². The molecule has 0 aromatic carbocycles. The van der Waals surface area contributed by atoms with E-state index in [-0.39, 0.29) is 6.09 Å². The summed E-state index contributed by atoms with van der Waals surface area (Å²) in [7, 11) is 2.00. The fourth-order valence-electron chi connectivity index (χ4n) is 4.12. The summed E-state index contributed by atoms with van der Waals surface area (Å²) in [4.78, 5) is 16.7. The Morgan fingerprint density at radius 2 is 1.73 bits per heavy atom. The smallest absolute Gasteiger partial charge is 0.410 e. The van der Waals surface area contributed by atoms with Gasteiger partial charge in [-0.15, -0.1) is 0 Å². The minimum Gasteiger partial charge on any atom is -0.444 e. The van der Waals surface area contributed by atoms with Gasteiger partial charge in [-0.1, -0.05) is 0 Å². The zero-order valence-electron chi connectivity index (χ0n) is 17.0. The lowest BCUT2D eigenvalue weighted by Gasteiger charge is -2.46. The highest BCUT2D eigenvalue weighted by Gasteiger charge is 2.39. The van der Waals surface area contributed by atoms with Gasteiger partial charge in [0.2, 0.25) is 0 Å². The van der Waals surface area contributed by atoms with Gasteiger partial charge in [-0.3, -0.25) is 9.58 Å². The topological polar surface area (TPSA) is 50.6 Å². The largest absolute Gasteiger partial charge is 0.444 e. The Bertz CT molecular complexity index is 629. The van der Waals surface area contributed by atoms with E-state index in [1.54, 1.807) is 0 Å². The van der Waals surface area contributed by atoms with Crippen LogP contribution in [0.25, 0.3) is 0 Å². The second-order valence-corrected chi connectivity index (χ2v) is 9.12. The summed E-state index contributed by atoms with van der Waals surface area (Å²) in [5.41, 5.74) is 2.60. The molecular formula is C20H34N4O2. The third-order valence-electron chi connectivity index (χ3n) is 6.12. The molecule has 0 radical (unpaired) electrons. The number of nitrogens with zero attached hydrogens (tertiary/aromatic N) is 4. The first-order valence-electron chi connectivity index (χ1n) is 9.85. The molecule has 0 N–H and O–H groups in total. The molecule has 0 unspecified atom stereocenters. The maximum absolute atomic E-state index is 12.3. The lowest BCUT2D eigenvalue weighted by Crippen LogP contribution is -2.49. The van der Waals surface area contributed by atoms with Crippen molar-refractivity contribution in [2.75, 3.05) is 26.2 Å². The van der Waals surface area contributed by atoms with E-state index in [1.807, 2.05) is 43.6 Å². The normalized spacial score (nSPS) is 21.2. The van der Waals surface area contributed by atoms with Gasteiger partial charge in [0, 0.05) is 37.9 Å². The van der Waals surface area contributed by atoms with Gasteiger partial charge in [-0.25, -0.2) is 4.79 Å². The van der Waals surface area contributed by atoms with Crippen LogP contribution >= 0.6 is 0 Å². The maximum atomic E-state index is 12.3. The highest BCUT2D eigenvalue weighted by Crippen LogP contribution is 2.41. The van der Waals surface area contributed by atoms with Gasteiger partial charge in [-0.05, 0) is 71.9 Å². The van der Waals surface area contributed by atoms with Crippen molar-refractivity contribution in [1.82, 2.24) is 19.6 Å². The molecule has 0 saturated carbocycles. The highest BCUT2D eigenvalue weighted by atomic mass is 16.6. The predicted octanol–water partition coefficient (Wildman–Crippen LogP) is 3.34. The van der Waals surface area contributed by atoms with Crippen molar-refractivity contribution in [3.8, 4) is 0 Å². The minimum absolute atomic E-state index is 0.156. The summed E-state index contributed by atoms with van der Waals surface area (Å²) in [5, 5.41) is 4.36. The molecule has 2 fully saturated rings. The molecule has 146 valence electrons. The molecule has 0 atom stereocenters. The minimum atomic E-state index is -0.415. The van der Waals surface area contributed by atoms with Crippen LogP contribution < -0.4 is 0 Å². The van der Waals surface area contributed by atoms with Crippen molar-refractivity contribution in [2.24, 2.45) is 12.5 Å². The lowest BCUT2D eigenvalue weighted by atomic mass is 9.71. The van der Waals surface area contributed by atoms with E-state index in [0.29, 0.717) is 5.41 Å². The third-order valence-corrected chi connectivity index (χ3v) is 6.12. The van der Waals surface area contributed by atoms with Crippen LogP contribution in [0.5, 0.6) is 0 Å². The summed E-state index contributed by atoms with van der Waals surface area (Å²) in [6.07, 6.45) is 6.51. The number of carbonyl (C=O) groups is 1. The number of hydrogen-bond acceptors (Lipinski definition) is 4. The number of piperidine rings is 2. The van der Waals surface area contributed by atoms with E-state index in [2.05, 4.69) is 16.9 Å². The number of aryl methyl sites for hydroxylation is 1. The maximum Gasteiger partial charge on any atom is 0.410 e. The van der Waals surface area contributed by atoms with E-state index in [4.69, 9.17) is 4.74 Å². The molecule has 2 saturated heterocycles. The molecule has 3 rings (SSSR count). The van der Waals surface area contributed by atoms with Gasteiger partial charge in [0.1, 0.15) is 5.60 Å². The van der Waals surface area contributed by atoms with E-state index < -0.39 is 5.60 Å².